The summed E-state index contributed by atoms with van der Waals surface area (Å²) in [4.78, 5) is 0. The van der Waals surface area contributed by atoms with Crippen molar-refractivity contribution < 1.29 is 4.74 Å². The molecule has 1 rings (SSSR count). The molecule has 0 amide bonds. The highest BCUT2D eigenvalue weighted by molar-refractivity contribution is 5.42. The van der Waals surface area contributed by atoms with E-state index in [0.717, 1.165) is 25.2 Å². The van der Waals surface area contributed by atoms with Crippen LogP contribution in [0, 0.1) is 0 Å². The summed E-state index contributed by atoms with van der Waals surface area (Å²) in [6.07, 6.45) is 4.00. The standard InChI is InChI=1S/C18H28O/c1-7-9-14(3)16-13-15(18(4,5)6)10-11-17(16)19-12-8-2/h7,10-11,13-14H,1,8-9,12H2,2-6H3. The highest BCUT2D eigenvalue weighted by atomic mass is 16.5. The normalized spacial score (nSPS) is 13.1. The fourth-order valence-electron chi connectivity index (χ4n) is 2.12. The predicted molar refractivity (Wildman–Crippen MR) is 84.2 cm³/mol. The van der Waals surface area contributed by atoms with Gasteiger partial charge >= 0.3 is 0 Å². The minimum Gasteiger partial charge on any atom is -0.493 e. The first-order chi connectivity index (χ1) is 8.90. The van der Waals surface area contributed by atoms with E-state index in [1.165, 1.54) is 11.1 Å². The third kappa shape index (κ3) is 4.41. The molecular weight excluding hydrogens is 232 g/mol. The van der Waals surface area contributed by atoms with Gasteiger partial charge in [-0.3, -0.25) is 0 Å². The Morgan fingerprint density at radius 3 is 2.53 bits per heavy atom. The third-order valence-corrected chi connectivity index (χ3v) is 3.39. The lowest BCUT2D eigenvalue weighted by atomic mass is 9.84. The molecule has 0 heterocycles. The molecular formula is C18H28O. The molecule has 0 aliphatic carbocycles. The van der Waals surface area contributed by atoms with E-state index in [2.05, 4.69) is 59.4 Å². The number of hydrogen-bond donors (Lipinski definition) is 0. The minimum absolute atomic E-state index is 0.173. The molecule has 0 bridgehead atoms. The van der Waals surface area contributed by atoms with Gasteiger partial charge in [-0.25, -0.2) is 0 Å². The monoisotopic (exact) mass is 260 g/mol. The zero-order chi connectivity index (χ0) is 14.5. The van der Waals surface area contributed by atoms with E-state index >= 15 is 0 Å². The molecule has 0 radical (unpaired) electrons. The van der Waals surface area contributed by atoms with Gasteiger partial charge in [0.1, 0.15) is 5.75 Å². The van der Waals surface area contributed by atoms with Gasteiger partial charge in [-0.05, 0) is 41.4 Å². The minimum atomic E-state index is 0.173. The molecule has 0 aliphatic heterocycles. The van der Waals surface area contributed by atoms with Crippen LogP contribution in [0.3, 0.4) is 0 Å². The summed E-state index contributed by atoms with van der Waals surface area (Å²) >= 11 is 0. The second kappa shape index (κ2) is 6.79. The SMILES string of the molecule is C=CCC(C)c1cc(C(C)(C)C)ccc1OCCC. The van der Waals surface area contributed by atoms with Crippen molar-refractivity contribution in [3.8, 4) is 5.75 Å². The maximum absolute atomic E-state index is 5.89. The Morgan fingerprint density at radius 2 is 2.00 bits per heavy atom. The molecule has 106 valence electrons. The average Bonchev–Trinajstić information content (AvgIpc) is 2.35. The van der Waals surface area contributed by atoms with Gasteiger partial charge in [-0.15, -0.1) is 6.58 Å². The first-order valence-electron chi connectivity index (χ1n) is 7.28. The zero-order valence-corrected chi connectivity index (χ0v) is 13.1. The Morgan fingerprint density at radius 1 is 1.32 bits per heavy atom. The second-order valence-corrected chi connectivity index (χ2v) is 6.28. The largest absolute Gasteiger partial charge is 0.493 e. The van der Waals surface area contributed by atoms with Crippen LogP contribution in [0.2, 0.25) is 0 Å². The van der Waals surface area contributed by atoms with Gasteiger partial charge in [-0.1, -0.05) is 52.8 Å². The van der Waals surface area contributed by atoms with Crippen molar-refractivity contribution in [1.82, 2.24) is 0 Å². The average molecular weight is 260 g/mol. The number of benzene rings is 1. The molecule has 0 spiro atoms. The number of allylic oxidation sites excluding steroid dienone is 1. The van der Waals surface area contributed by atoms with Gasteiger partial charge in [0.2, 0.25) is 0 Å². The first kappa shape index (κ1) is 15.8. The van der Waals surface area contributed by atoms with E-state index < -0.39 is 0 Å². The fourth-order valence-corrected chi connectivity index (χ4v) is 2.12. The van der Waals surface area contributed by atoms with Gasteiger partial charge in [0.25, 0.3) is 0 Å². The quantitative estimate of drug-likeness (QED) is 0.618. The van der Waals surface area contributed by atoms with Gasteiger partial charge < -0.3 is 4.74 Å². The van der Waals surface area contributed by atoms with Gasteiger partial charge in [0.15, 0.2) is 0 Å². The molecule has 1 aromatic carbocycles. The summed E-state index contributed by atoms with van der Waals surface area (Å²) in [7, 11) is 0. The smallest absolute Gasteiger partial charge is 0.122 e. The van der Waals surface area contributed by atoms with Gasteiger partial charge in [0, 0.05) is 0 Å². The van der Waals surface area contributed by atoms with Crippen molar-refractivity contribution in [2.24, 2.45) is 0 Å². The lowest BCUT2D eigenvalue weighted by molar-refractivity contribution is 0.312. The van der Waals surface area contributed by atoms with E-state index in [1.807, 2.05) is 6.08 Å². The molecule has 1 unspecified atom stereocenters. The van der Waals surface area contributed by atoms with Crippen molar-refractivity contribution in [3.63, 3.8) is 0 Å². The van der Waals surface area contributed by atoms with Crippen LogP contribution in [-0.4, -0.2) is 6.61 Å². The summed E-state index contributed by atoms with van der Waals surface area (Å²) in [5.74, 6) is 1.48. The Labute approximate surface area is 118 Å². The number of rotatable bonds is 6. The van der Waals surface area contributed by atoms with E-state index in [4.69, 9.17) is 4.74 Å². The Bertz CT molecular complexity index is 412. The summed E-state index contributed by atoms with van der Waals surface area (Å²) in [6.45, 7) is 15.7. The second-order valence-electron chi connectivity index (χ2n) is 6.28. The molecule has 1 atom stereocenters. The Kier molecular flexibility index (Phi) is 5.65. The fraction of sp³-hybridized carbons (Fsp3) is 0.556. The maximum Gasteiger partial charge on any atom is 0.122 e. The van der Waals surface area contributed by atoms with E-state index in [9.17, 15) is 0 Å². The van der Waals surface area contributed by atoms with Crippen molar-refractivity contribution in [3.05, 3.63) is 42.0 Å². The highest BCUT2D eigenvalue weighted by Gasteiger charge is 2.18. The third-order valence-electron chi connectivity index (χ3n) is 3.39. The molecule has 0 saturated carbocycles. The summed E-state index contributed by atoms with van der Waals surface area (Å²) in [5.41, 5.74) is 2.84. The van der Waals surface area contributed by atoms with Crippen LogP contribution in [0.5, 0.6) is 5.75 Å². The van der Waals surface area contributed by atoms with Crippen LogP contribution in [0.4, 0.5) is 0 Å². The Hall–Kier alpha value is -1.24. The molecule has 0 aliphatic rings. The molecule has 0 fully saturated rings. The van der Waals surface area contributed by atoms with Crippen LogP contribution >= 0.6 is 0 Å². The van der Waals surface area contributed by atoms with E-state index in [-0.39, 0.29) is 5.41 Å². The maximum atomic E-state index is 5.89. The lowest BCUT2D eigenvalue weighted by Crippen LogP contribution is -2.12. The van der Waals surface area contributed by atoms with Crippen LogP contribution in [0.1, 0.15) is 64.5 Å². The predicted octanol–water partition coefficient (Wildman–Crippen LogP) is 5.45. The molecule has 0 aromatic heterocycles. The number of ether oxygens (including phenoxy) is 1. The van der Waals surface area contributed by atoms with Crippen molar-refractivity contribution in [2.75, 3.05) is 6.61 Å². The van der Waals surface area contributed by atoms with Crippen LogP contribution in [0.25, 0.3) is 0 Å². The van der Waals surface area contributed by atoms with Crippen LogP contribution in [-0.2, 0) is 5.41 Å². The Balaban J connectivity index is 3.13. The van der Waals surface area contributed by atoms with Crippen molar-refractivity contribution in [2.45, 2.75) is 58.8 Å². The topological polar surface area (TPSA) is 9.23 Å². The summed E-state index contributed by atoms with van der Waals surface area (Å²) in [5, 5.41) is 0. The molecule has 19 heavy (non-hydrogen) atoms. The van der Waals surface area contributed by atoms with Gasteiger partial charge in [-0.2, -0.15) is 0 Å². The molecule has 0 saturated heterocycles. The highest BCUT2D eigenvalue weighted by Crippen LogP contribution is 2.34. The summed E-state index contributed by atoms with van der Waals surface area (Å²) < 4.78 is 5.89. The van der Waals surface area contributed by atoms with Crippen molar-refractivity contribution in [1.29, 1.82) is 0 Å². The lowest BCUT2D eigenvalue weighted by Gasteiger charge is -2.23. The zero-order valence-electron chi connectivity index (χ0n) is 13.1. The van der Waals surface area contributed by atoms with Crippen LogP contribution < -0.4 is 4.74 Å². The molecule has 1 heteroatoms. The van der Waals surface area contributed by atoms with E-state index in [1.54, 1.807) is 0 Å². The van der Waals surface area contributed by atoms with Crippen molar-refractivity contribution >= 4 is 0 Å². The molecule has 1 nitrogen and oxygen atoms in total. The number of hydrogen-bond acceptors (Lipinski definition) is 1. The molecule has 0 N–H and O–H groups in total. The van der Waals surface area contributed by atoms with Gasteiger partial charge in [0.05, 0.1) is 6.61 Å². The van der Waals surface area contributed by atoms with E-state index in [0.29, 0.717) is 5.92 Å². The molecule has 1 aromatic rings. The van der Waals surface area contributed by atoms with Crippen LogP contribution in [0.15, 0.2) is 30.9 Å². The first-order valence-corrected chi connectivity index (χ1v) is 7.28. The summed E-state index contributed by atoms with van der Waals surface area (Å²) in [6, 6.07) is 6.62.